The molecule has 1 fully saturated rings. The summed E-state index contributed by atoms with van der Waals surface area (Å²) in [6, 6.07) is 0. The summed E-state index contributed by atoms with van der Waals surface area (Å²) in [5.74, 6) is -3.11. The first-order valence-corrected chi connectivity index (χ1v) is 33.0. The van der Waals surface area contributed by atoms with Gasteiger partial charge in [0, 0.05) is 19.3 Å². The highest BCUT2D eigenvalue weighted by atomic mass is 16.7. The third kappa shape index (κ3) is 45.2. The van der Waals surface area contributed by atoms with Crippen LogP contribution in [0.3, 0.4) is 0 Å². The highest BCUT2D eigenvalue weighted by molar-refractivity contribution is 5.74. The van der Waals surface area contributed by atoms with Gasteiger partial charge in [0.15, 0.2) is 24.6 Å². The van der Waals surface area contributed by atoms with Crippen LogP contribution in [0.4, 0.5) is 0 Å². The quantitative estimate of drug-likeness (QED) is 0.0228. The van der Waals surface area contributed by atoms with Crippen molar-refractivity contribution in [3.05, 3.63) is 36.5 Å². The van der Waals surface area contributed by atoms with Crippen LogP contribution in [0.5, 0.6) is 0 Å². The Morgan fingerprint density at radius 2 is 0.722 bits per heavy atom. The number of carbonyl (C=O) groups excluding carboxylic acids is 3. The summed E-state index contributed by atoms with van der Waals surface area (Å²) in [5, 5.41) is 31.6. The summed E-state index contributed by atoms with van der Waals surface area (Å²) in [6.45, 7) is 6.00. The molecule has 79 heavy (non-hydrogen) atoms. The summed E-state index contributed by atoms with van der Waals surface area (Å²) < 4.78 is 28.5. The van der Waals surface area contributed by atoms with Crippen LogP contribution in [0.25, 0.3) is 0 Å². The highest BCUT2D eigenvalue weighted by Crippen LogP contribution is 2.27. The molecule has 6 unspecified atom stereocenters. The average Bonchev–Trinajstić information content (AvgIpc) is 3.44. The molecule has 0 aromatic rings. The van der Waals surface area contributed by atoms with Gasteiger partial charge in [-0.3, -0.25) is 14.4 Å². The molecule has 0 aromatic carbocycles. The lowest BCUT2D eigenvalue weighted by molar-refractivity contribution is -0.301. The van der Waals surface area contributed by atoms with Crippen molar-refractivity contribution < 1.29 is 58.2 Å². The van der Waals surface area contributed by atoms with Crippen LogP contribution in [-0.2, 0) is 42.9 Å². The predicted molar refractivity (Wildman–Crippen MR) is 322 cm³/mol. The molecule has 0 amide bonds. The largest absolute Gasteiger partial charge is 0.479 e. The third-order valence-corrected chi connectivity index (χ3v) is 15.2. The molecule has 1 aliphatic rings. The van der Waals surface area contributed by atoms with Crippen LogP contribution in [0.1, 0.15) is 316 Å². The molecule has 6 atom stereocenters. The van der Waals surface area contributed by atoms with E-state index >= 15 is 0 Å². The Bertz CT molecular complexity index is 1510. The molecule has 1 rings (SSSR count). The molecule has 1 aliphatic heterocycles. The molecule has 1 saturated heterocycles. The van der Waals surface area contributed by atoms with Crippen molar-refractivity contribution in [1.82, 2.24) is 0 Å². The minimum Gasteiger partial charge on any atom is -0.479 e. The molecule has 12 heteroatoms. The normalized spacial score (nSPS) is 18.0. The number of esters is 3. The summed E-state index contributed by atoms with van der Waals surface area (Å²) in [6.07, 6.45) is 53.9. The van der Waals surface area contributed by atoms with Gasteiger partial charge >= 0.3 is 23.9 Å². The van der Waals surface area contributed by atoms with E-state index in [2.05, 4.69) is 57.2 Å². The fraction of sp³-hybridized carbons (Fsp3) is 0.851. The van der Waals surface area contributed by atoms with Crippen molar-refractivity contribution in [3.63, 3.8) is 0 Å². The second-order valence-corrected chi connectivity index (χ2v) is 22.7. The zero-order chi connectivity index (χ0) is 57.5. The van der Waals surface area contributed by atoms with Gasteiger partial charge in [-0.2, -0.15) is 0 Å². The maximum absolute atomic E-state index is 13.2. The molecule has 0 bridgehead atoms. The zero-order valence-corrected chi connectivity index (χ0v) is 50.9. The molecule has 0 spiro atoms. The molecule has 0 saturated carbocycles. The third-order valence-electron chi connectivity index (χ3n) is 15.2. The SMILES string of the molecule is CCCCCC/C=C\CCCCCCCC(=O)OC(COC(=O)CCCCCCCCCCC/C=C\CCCCCCCC)COC1OC(C(=O)O)C(O)C(O)C1OC(=O)CCCCCCCCC/C=C\CCCCCCCC. The molecule has 12 nitrogen and oxygen atoms in total. The van der Waals surface area contributed by atoms with E-state index in [1.807, 2.05) is 0 Å². The van der Waals surface area contributed by atoms with Gasteiger partial charge in [0.25, 0.3) is 0 Å². The van der Waals surface area contributed by atoms with Crippen LogP contribution in [0.2, 0.25) is 0 Å². The Kier molecular flexibility index (Phi) is 51.9. The molecule has 460 valence electrons. The van der Waals surface area contributed by atoms with Crippen molar-refractivity contribution in [1.29, 1.82) is 0 Å². The Balaban J connectivity index is 2.63. The molecule has 0 aromatic heterocycles. The predicted octanol–water partition coefficient (Wildman–Crippen LogP) is 17.6. The van der Waals surface area contributed by atoms with E-state index in [1.165, 1.54) is 167 Å². The Morgan fingerprint density at radius 3 is 1.09 bits per heavy atom. The number of allylic oxidation sites excluding steroid dienone is 6. The molecular weight excluding hydrogens is 997 g/mol. The Morgan fingerprint density at radius 1 is 0.405 bits per heavy atom. The molecule has 0 radical (unpaired) electrons. The van der Waals surface area contributed by atoms with Crippen molar-refractivity contribution in [2.45, 2.75) is 353 Å². The number of aliphatic carboxylic acids is 1. The lowest BCUT2D eigenvalue weighted by atomic mass is 9.98. The van der Waals surface area contributed by atoms with Gasteiger partial charge in [-0.05, 0) is 96.3 Å². The second-order valence-electron chi connectivity index (χ2n) is 22.7. The van der Waals surface area contributed by atoms with Gasteiger partial charge in [-0.15, -0.1) is 0 Å². The number of unbranched alkanes of at least 4 members (excludes halogenated alkanes) is 37. The Hall–Kier alpha value is -3.06. The fourth-order valence-corrected chi connectivity index (χ4v) is 10.1. The van der Waals surface area contributed by atoms with Gasteiger partial charge < -0.3 is 39.0 Å². The van der Waals surface area contributed by atoms with Gasteiger partial charge in [0.1, 0.15) is 18.8 Å². The maximum Gasteiger partial charge on any atom is 0.335 e. The number of rotatable bonds is 57. The molecule has 1 heterocycles. The number of hydrogen-bond donors (Lipinski definition) is 3. The summed E-state index contributed by atoms with van der Waals surface area (Å²) in [7, 11) is 0. The van der Waals surface area contributed by atoms with E-state index < -0.39 is 67.3 Å². The summed E-state index contributed by atoms with van der Waals surface area (Å²) >= 11 is 0. The smallest absolute Gasteiger partial charge is 0.335 e. The number of aliphatic hydroxyl groups excluding tert-OH is 2. The fourth-order valence-electron chi connectivity index (χ4n) is 10.1. The molecule has 3 N–H and O–H groups in total. The second kappa shape index (κ2) is 55.5. The monoisotopic (exact) mass is 1120 g/mol. The van der Waals surface area contributed by atoms with E-state index in [0.29, 0.717) is 19.3 Å². The van der Waals surface area contributed by atoms with Crippen LogP contribution in [0.15, 0.2) is 36.5 Å². The number of carboxylic acids is 1. The molecular formula is C67H120O12. The first-order valence-electron chi connectivity index (χ1n) is 33.0. The lowest BCUT2D eigenvalue weighted by Gasteiger charge is -2.40. The summed E-state index contributed by atoms with van der Waals surface area (Å²) in [4.78, 5) is 51.3. The first-order chi connectivity index (χ1) is 38.6. The van der Waals surface area contributed by atoms with E-state index in [9.17, 15) is 34.5 Å². The van der Waals surface area contributed by atoms with E-state index in [-0.39, 0.29) is 25.9 Å². The lowest BCUT2D eigenvalue weighted by Crippen LogP contribution is -2.61. The van der Waals surface area contributed by atoms with Gasteiger partial charge in [0.2, 0.25) is 0 Å². The minimum atomic E-state index is -1.90. The Labute approximate surface area is 482 Å². The number of carboxylic acid groups (broad SMARTS) is 1. The molecule has 0 aliphatic carbocycles. The van der Waals surface area contributed by atoms with E-state index in [0.717, 1.165) is 89.9 Å². The van der Waals surface area contributed by atoms with Gasteiger partial charge in [-0.25, -0.2) is 4.79 Å². The number of carbonyl (C=O) groups is 4. The van der Waals surface area contributed by atoms with Crippen molar-refractivity contribution in [2.75, 3.05) is 13.2 Å². The summed E-state index contributed by atoms with van der Waals surface area (Å²) in [5.41, 5.74) is 0. The number of aliphatic hydroxyl groups is 2. The van der Waals surface area contributed by atoms with Crippen LogP contribution < -0.4 is 0 Å². The first kappa shape index (κ1) is 74.0. The van der Waals surface area contributed by atoms with Crippen LogP contribution in [0, 0.1) is 0 Å². The van der Waals surface area contributed by atoms with E-state index in [4.69, 9.17) is 23.7 Å². The van der Waals surface area contributed by atoms with Crippen LogP contribution >= 0.6 is 0 Å². The van der Waals surface area contributed by atoms with E-state index in [1.54, 1.807) is 0 Å². The standard InChI is InChI=1S/C67H120O12/c1-4-7-10-13-16-19-22-25-27-29-30-32-33-36-38-41-44-47-50-53-59(68)75-56-58(77-60(69)54-51-48-45-42-39-35-24-21-18-15-12-9-6-3)57-76-67-65(63(72)62(71)64(79-67)66(73)74)78-61(70)55-52-49-46-43-40-37-34-31-28-26-23-20-17-14-11-8-5-2/h21,24-28,58,62-65,67,71-72H,4-20,22-23,29-57H2,1-3H3,(H,73,74)/b24-21-,27-25-,28-26-. The average molecular weight is 1120 g/mol. The topological polar surface area (TPSA) is 175 Å². The van der Waals surface area contributed by atoms with Crippen LogP contribution in [-0.4, -0.2) is 89.2 Å². The highest BCUT2D eigenvalue weighted by Gasteiger charge is 2.50. The number of ether oxygens (including phenoxy) is 5. The maximum atomic E-state index is 13.2. The number of hydrogen-bond acceptors (Lipinski definition) is 11. The zero-order valence-electron chi connectivity index (χ0n) is 50.9. The van der Waals surface area contributed by atoms with Gasteiger partial charge in [-0.1, -0.05) is 237 Å². The van der Waals surface area contributed by atoms with Crippen molar-refractivity contribution in [3.8, 4) is 0 Å². The van der Waals surface area contributed by atoms with Crippen molar-refractivity contribution >= 4 is 23.9 Å². The van der Waals surface area contributed by atoms with Gasteiger partial charge in [0.05, 0.1) is 6.61 Å². The minimum absolute atomic E-state index is 0.0574. The van der Waals surface area contributed by atoms with Crippen molar-refractivity contribution in [2.24, 2.45) is 0 Å².